The molecule has 26 heavy (non-hydrogen) atoms. The van der Waals surface area contributed by atoms with Gasteiger partial charge in [-0.15, -0.1) is 0 Å². The number of benzene rings is 2. The second-order valence-electron chi connectivity index (χ2n) is 5.96. The molecule has 0 bridgehead atoms. The zero-order valence-corrected chi connectivity index (χ0v) is 15.8. The maximum Gasteiger partial charge on any atom is 0.130 e. The van der Waals surface area contributed by atoms with Crippen LogP contribution < -0.4 is 9.47 Å². The zero-order valence-electron chi connectivity index (χ0n) is 15.8. The van der Waals surface area contributed by atoms with Crippen molar-refractivity contribution < 1.29 is 9.47 Å². The van der Waals surface area contributed by atoms with E-state index in [0.29, 0.717) is 11.5 Å². The minimum atomic E-state index is 0.580. The maximum atomic E-state index is 5.95. The first-order valence-electron chi connectivity index (χ1n) is 8.76. The molecule has 0 spiro atoms. The van der Waals surface area contributed by atoms with Crippen molar-refractivity contribution in [2.24, 2.45) is 0 Å². The van der Waals surface area contributed by atoms with Crippen molar-refractivity contribution in [3.63, 3.8) is 0 Å². The van der Waals surface area contributed by atoms with Crippen LogP contribution in [0.5, 0.6) is 11.5 Å². The summed E-state index contributed by atoms with van der Waals surface area (Å²) < 4.78 is 11.7. The Balaban J connectivity index is 2.04. The lowest BCUT2D eigenvalue weighted by molar-refractivity contribution is 0.444. The standard InChI is InChI=1S/C24H26O2/c1-6-8-9-10-19(4)25-23-15-16-24(18(3)17-23)26-20(5)22-13-11-21(7-2)12-14-22/h6,8-17H,4-5,7H2,1-3H3/b8-6-,10-9-. The molecule has 0 aromatic heterocycles. The van der Waals surface area contributed by atoms with E-state index in [-0.39, 0.29) is 0 Å². The van der Waals surface area contributed by atoms with Gasteiger partial charge in [0.2, 0.25) is 0 Å². The van der Waals surface area contributed by atoms with Crippen molar-refractivity contribution in [1.82, 2.24) is 0 Å². The first-order chi connectivity index (χ1) is 12.5. The lowest BCUT2D eigenvalue weighted by Gasteiger charge is -2.13. The number of ether oxygens (including phenoxy) is 2. The quantitative estimate of drug-likeness (QED) is 0.394. The van der Waals surface area contributed by atoms with Gasteiger partial charge in [-0.3, -0.25) is 0 Å². The van der Waals surface area contributed by atoms with Crippen LogP contribution in [-0.2, 0) is 6.42 Å². The van der Waals surface area contributed by atoms with Crippen molar-refractivity contribution in [3.8, 4) is 11.5 Å². The van der Waals surface area contributed by atoms with Crippen LogP contribution >= 0.6 is 0 Å². The molecule has 0 aliphatic heterocycles. The van der Waals surface area contributed by atoms with Gasteiger partial charge in [-0.2, -0.15) is 0 Å². The predicted octanol–water partition coefficient (Wildman–Crippen LogP) is 6.63. The van der Waals surface area contributed by atoms with Crippen LogP contribution in [0.4, 0.5) is 0 Å². The Labute approximate surface area is 156 Å². The predicted molar refractivity (Wildman–Crippen MR) is 110 cm³/mol. The highest BCUT2D eigenvalue weighted by molar-refractivity contribution is 5.61. The van der Waals surface area contributed by atoms with E-state index in [1.807, 2.05) is 68.5 Å². The van der Waals surface area contributed by atoms with Gasteiger partial charge in [0.1, 0.15) is 23.0 Å². The number of rotatable bonds is 8. The molecule has 2 aromatic rings. The summed E-state index contributed by atoms with van der Waals surface area (Å²) in [4.78, 5) is 0. The molecule has 0 aliphatic carbocycles. The molecule has 2 rings (SSSR count). The Bertz CT molecular complexity index is 824. The van der Waals surface area contributed by atoms with Gasteiger partial charge in [0.15, 0.2) is 0 Å². The van der Waals surface area contributed by atoms with Crippen LogP contribution in [0.15, 0.2) is 85.7 Å². The Hall–Kier alpha value is -3.00. The van der Waals surface area contributed by atoms with E-state index in [0.717, 1.165) is 29.0 Å². The number of allylic oxidation sites excluding steroid dienone is 4. The average Bonchev–Trinajstić information content (AvgIpc) is 2.64. The minimum absolute atomic E-state index is 0.580. The summed E-state index contributed by atoms with van der Waals surface area (Å²) in [5, 5.41) is 0. The highest BCUT2D eigenvalue weighted by atomic mass is 16.5. The summed E-state index contributed by atoms with van der Waals surface area (Å²) in [6.45, 7) is 14.0. The molecule has 0 unspecified atom stereocenters. The van der Waals surface area contributed by atoms with Gasteiger partial charge in [0.25, 0.3) is 0 Å². The minimum Gasteiger partial charge on any atom is -0.458 e. The molecule has 0 fully saturated rings. The Morgan fingerprint density at radius 3 is 2.35 bits per heavy atom. The molecule has 0 saturated heterocycles. The molecule has 0 radical (unpaired) electrons. The summed E-state index contributed by atoms with van der Waals surface area (Å²) in [7, 11) is 0. The Morgan fingerprint density at radius 2 is 1.73 bits per heavy atom. The van der Waals surface area contributed by atoms with Gasteiger partial charge in [-0.25, -0.2) is 0 Å². The number of hydrogen-bond acceptors (Lipinski definition) is 2. The molecule has 0 aliphatic rings. The fraction of sp³-hybridized carbons (Fsp3) is 0.167. The van der Waals surface area contributed by atoms with Crippen LogP contribution in [0.1, 0.15) is 30.5 Å². The van der Waals surface area contributed by atoms with Gasteiger partial charge in [0.05, 0.1) is 0 Å². The Kier molecular flexibility index (Phi) is 7.04. The van der Waals surface area contributed by atoms with E-state index in [9.17, 15) is 0 Å². The fourth-order valence-electron chi connectivity index (χ4n) is 2.38. The average molecular weight is 346 g/mol. The van der Waals surface area contributed by atoms with E-state index in [1.165, 1.54) is 5.56 Å². The van der Waals surface area contributed by atoms with Crippen LogP contribution in [0.3, 0.4) is 0 Å². The van der Waals surface area contributed by atoms with Crippen LogP contribution in [0.25, 0.3) is 5.76 Å². The van der Waals surface area contributed by atoms with Gasteiger partial charge in [0, 0.05) is 5.56 Å². The van der Waals surface area contributed by atoms with Gasteiger partial charge in [-0.1, -0.05) is 62.6 Å². The highest BCUT2D eigenvalue weighted by Gasteiger charge is 2.07. The lowest BCUT2D eigenvalue weighted by atomic mass is 10.1. The molecule has 0 saturated carbocycles. The largest absolute Gasteiger partial charge is 0.458 e. The monoisotopic (exact) mass is 346 g/mol. The van der Waals surface area contributed by atoms with Crippen molar-refractivity contribution in [3.05, 3.63) is 102 Å². The third-order valence-electron chi connectivity index (χ3n) is 3.90. The molecule has 0 atom stereocenters. The summed E-state index contributed by atoms with van der Waals surface area (Å²) >= 11 is 0. The van der Waals surface area contributed by atoms with Crippen LogP contribution in [0.2, 0.25) is 0 Å². The summed E-state index contributed by atoms with van der Waals surface area (Å²) in [6, 6.07) is 14.0. The van der Waals surface area contributed by atoms with Gasteiger partial charge >= 0.3 is 0 Å². The molecule has 2 aromatic carbocycles. The van der Waals surface area contributed by atoms with Crippen LogP contribution in [0, 0.1) is 6.92 Å². The van der Waals surface area contributed by atoms with Crippen molar-refractivity contribution in [2.75, 3.05) is 0 Å². The molecular formula is C24H26O2. The van der Waals surface area contributed by atoms with E-state index < -0.39 is 0 Å². The second kappa shape index (κ2) is 9.47. The van der Waals surface area contributed by atoms with E-state index in [2.05, 4.69) is 32.2 Å². The molecule has 0 N–H and O–H groups in total. The molecule has 0 heterocycles. The first kappa shape index (κ1) is 19.3. The first-order valence-corrected chi connectivity index (χ1v) is 8.76. The highest BCUT2D eigenvalue weighted by Crippen LogP contribution is 2.28. The Morgan fingerprint density at radius 1 is 1.00 bits per heavy atom. The second-order valence-corrected chi connectivity index (χ2v) is 5.96. The third-order valence-corrected chi connectivity index (χ3v) is 3.90. The molecule has 2 heteroatoms. The molecular weight excluding hydrogens is 320 g/mol. The number of hydrogen-bond donors (Lipinski definition) is 0. The van der Waals surface area contributed by atoms with Crippen molar-refractivity contribution >= 4 is 5.76 Å². The normalized spacial score (nSPS) is 11.0. The van der Waals surface area contributed by atoms with E-state index in [1.54, 1.807) is 0 Å². The SMILES string of the molecule is C=C(/C=C\C=C/C)Oc1ccc(OC(=C)c2ccc(CC)cc2)c(C)c1. The van der Waals surface area contributed by atoms with Gasteiger partial charge in [-0.05, 0) is 55.7 Å². The third kappa shape index (κ3) is 5.52. The molecule has 2 nitrogen and oxygen atoms in total. The molecule has 0 amide bonds. The van der Waals surface area contributed by atoms with E-state index >= 15 is 0 Å². The summed E-state index contributed by atoms with van der Waals surface area (Å²) in [6.07, 6.45) is 8.60. The zero-order chi connectivity index (χ0) is 18.9. The smallest absolute Gasteiger partial charge is 0.130 e. The summed E-state index contributed by atoms with van der Waals surface area (Å²) in [5.74, 6) is 2.69. The lowest BCUT2D eigenvalue weighted by Crippen LogP contribution is -1.97. The topological polar surface area (TPSA) is 18.5 Å². The van der Waals surface area contributed by atoms with Crippen molar-refractivity contribution in [1.29, 1.82) is 0 Å². The van der Waals surface area contributed by atoms with E-state index in [4.69, 9.17) is 9.47 Å². The van der Waals surface area contributed by atoms with Crippen LogP contribution in [-0.4, -0.2) is 0 Å². The number of aryl methyl sites for hydroxylation is 2. The maximum absolute atomic E-state index is 5.95. The molecule has 134 valence electrons. The van der Waals surface area contributed by atoms with Gasteiger partial charge < -0.3 is 9.47 Å². The fourth-order valence-corrected chi connectivity index (χ4v) is 2.38. The van der Waals surface area contributed by atoms with Crippen molar-refractivity contribution in [2.45, 2.75) is 27.2 Å². The summed E-state index contributed by atoms with van der Waals surface area (Å²) in [5.41, 5.74) is 3.24.